The maximum absolute atomic E-state index is 10.3. The fourth-order valence-electron chi connectivity index (χ4n) is 0.410. The summed E-state index contributed by atoms with van der Waals surface area (Å²) in [5.74, 6) is 0. The summed E-state index contributed by atoms with van der Waals surface area (Å²) in [6.07, 6.45) is 2.40. The topological polar surface area (TPSA) is 34.1 Å². The standard InChI is InChI=1S/C5H10O2Si/c1-2-3-4-5(6)8-7/h8H,2-4H2,1H3. The van der Waals surface area contributed by atoms with Gasteiger partial charge in [-0.15, -0.1) is 0 Å². The smallest absolute Gasteiger partial charge is 0.335 e. The van der Waals surface area contributed by atoms with Crippen molar-refractivity contribution in [2.24, 2.45) is 0 Å². The Morgan fingerprint density at radius 2 is 2.25 bits per heavy atom. The van der Waals surface area contributed by atoms with Crippen LogP contribution in [0.25, 0.3) is 0 Å². The van der Waals surface area contributed by atoms with Crippen LogP contribution in [0.2, 0.25) is 0 Å². The Kier molecular flexibility index (Phi) is 4.65. The monoisotopic (exact) mass is 130 g/mol. The average Bonchev–Trinajstić information content (AvgIpc) is 1.83. The Bertz CT molecular complexity index is 90.4. The third-order valence-electron chi connectivity index (χ3n) is 0.908. The fraction of sp³-hybridized carbons (Fsp3) is 0.800. The van der Waals surface area contributed by atoms with E-state index < -0.39 is 9.41 Å². The molecule has 0 spiro atoms. The maximum atomic E-state index is 10.3. The molecule has 46 valence electrons. The largest absolute Gasteiger partial charge is 0.383 e. The Balaban J connectivity index is 3.11. The highest BCUT2D eigenvalue weighted by Crippen LogP contribution is 1.91. The van der Waals surface area contributed by atoms with Gasteiger partial charge in [-0.25, -0.2) is 0 Å². The van der Waals surface area contributed by atoms with E-state index >= 15 is 0 Å². The lowest BCUT2D eigenvalue weighted by molar-refractivity contribution is -0.112. The van der Waals surface area contributed by atoms with E-state index in [0.29, 0.717) is 6.42 Å². The van der Waals surface area contributed by atoms with Crippen molar-refractivity contribution in [3.63, 3.8) is 0 Å². The lowest BCUT2D eigenvalue weighted by atomic mass is 10.3. The summed E-state index contributed by atoms with van der Waals surface area (Å²) in [7, 11) is -1.16. The van der Waals surface area contributed by atoms with E-state index in [-0.39, 0.29) is 5.41 Å². The van der Waals surface area contributed by atoms with Crippen LogP contribution in [0.3, 0.4) is 0 Å². The fourth-order valence-corrected chi connectivity index (χ4v) is 0.732. The average molecular weight is 130 g/mol. The van der Waals surface area contributed by atoms with Crippen molar-refractivity contribution in [2.75, 3.05) is 0 Å². The minimum absolute atomic E-state index is 0.0770. The molecule has 0 atom stereocenters. The molecule has 8 heavy (non-hydrogen) atoms. The molecule has 0 aliphatic rings. The summed E-state index contributed by atoms with van der Waals surface area (Å²) in [6.45, 7) is 2.01. The van der Waals surface area contributed by atoms with Crippen LogP contribution in [0.15, 0.2) is 0 Å². The van der Waals surface area contributed by atoms with Gasteiger partial charge in [0.15, 0.2) is 5.41 Å². The van der Waals surface area contributed by atoms with Crippen LogP contribution in [-0.4, -0.2) is 14.8 Å². The Hall–Kier alpha value is -0.313. The van der Waals surface area contributed by atoms with Crippen molar-refractivity contribution in [1.29, 1.82) is 0 Å². The van der Waals surface area contributed by atoms with Crippen LogP contribution < -0.4 is 0 Å². The number of hydrogen-bond donors (Lipinski definition) is 0. The summed E-state index contributed by atoms with van der Waals surface area (Å²) in [6, 6.07) is 0. The molecular formula is C5H10O2Si. The van der Waals surface area contributed by atoms with Crippen molar-refractivity contribution in [2.45, 2.75) is 26.2 Å². The third-order valence-corrected chi connectivity index (χ3v) is 1.46. The molecule has 0 saturated heterocycles. The van der Waals surface area contributed by atoms with E-state index in [1.54, 1.807) is 0 Å². The molecule has 2 nitrogen and oxygen atoms in total. The molecule has 0 fully saturated rings. The van der Waals surface area contributed by atoms with Gasteiger partial charge in [-0.3, -0.25) is 4.79 Å². The molecule has 0 saturated carbocycles. The molecule has 0 N–H and O–H groups in total. The molecule has 0 rings (SSSR count). The predicted molar refractivity (Wildman–Crippen MR) is 32.4 cm³/mol. The summed E-state index contributed by atoms with van der Waals surface area (Å²) in [4.78, 5) is 10.3. The zero-order chi connectivity index (χ0) is 6.41. The predicted octanol–water partition coefficient (Wildman–Crippen LogP) is 0.485. The molecule has 0 aromatic carbocycles. The second-order valence-corrected chi connectivity index (χ2v) is 2.57. The SMILES string of the molecule is CCCCC(=O)[SiH]=O. The normalized spacial score (nSPS) is 8.62. The second-order valence-electron chi connectivity index (χ2n) is 1.69. The van der Waals surface area contributed by atoms with Gasteiger partial charge < -0.3 is 4.46 Å². The quantitative estimate of drug-likeness (QED) is 0.519. The number of carbonyl (C=O) groups is 1. The number of unbranched alkanes of at least 4 members (excludes halogenated alkanes) is 1. The minimum Gasteiger partial charge on any atom is -0.383 e. The van der Waals surface area contributed by atoms with E-state index in [1.807, 2.05) is 6.92 Å². The summed E-state index contributed by atoms with van der Waals surface area (Å²) in [5, 5.41) is -0.0770. The molecule has 3 heteroatoms. The highest BCUT2D eigenvalue weighted by molar-refractivity contribution is 6.62. The van der Waals surface area contributed by atoms with Gasteiger partial charge in [0.25, 0.3) is 0 Å². The van der Waals surface area contributed by atoms with Crippen molar-refractivity contribution in [3.8, 4) is 0 Å². The van der Waals surface area contributed by atoms with Crippen molar-refractivity contribution >= 4 is 14.8 Å². The lowest BCUT2D eigenvalue weighted by Gasteiger charge is -1.85. The molecule has 0 amide bonds. The molecule has 0 bridgehead atoms. The molecule has 0 radical (unpaired) electrons. The van der Waals surface area contributed by atoms with E-state index in [0.717, 1.165) is 12.8 Å². The van der Waals surface area contributed by atoms with Crippen LogP contribution in [-0.2, 0) is 9.26 Å². The highest BCUT2D eigenvalue weighted by Gasteiger charge is 1.95. The first-order chi connectivity index (χ1) is 3.81. The zero-order valence-corrected chi connectivity index (χ0v) is 6.17. The van der Waals surface area contributed by atoms with Crippen LogP contribution in [0.1, 0.15) is 26.2 Å². The van der Waals surface area contributed by atoms with Gasteiger partial charge >= 0.3 is 9.41 Å². The first kappa shape index (κ1) is 7.69. The highest BCUT2D eigenvalue weighted by atomic mass is 28.2. The summed E-state index contributed by atoms with van der Waals surface area (Å²) < 4.78 is 9.87. The molecular weight excluding hydrogens is 120 g/mol. The van der Waals surface area contributed by atoms with Crippen molar-refractivity contribution in [1.82, 2.24) is 0 Å². The van der Waals surface area contributed by atoms with E-state index in [2.05, 4.69) is 0 Å². The molecule has 0 heterocycles. The number of hydrogen-bond acceptors (Lipinski definition) is 2. The van der Waals surface area contributed by atoms with Gasteiger partial charge in [-0.1, -0.05) is 13.3 Å². The summed E-state index contributed by atoms with van der Waals surface area (Å²) >= 11 is 0. The lowest BCUT2D eigenvalue weighted by Crippen LogP contribution is -1.98. The van der Waals surface area contributed by atoms with Gasteiger partial charge in [0.1, 0.15) is 0 Å². The minimum atomic E-state index is -1.16. The van der Waals surface area contributed by atoms with Gasteiger partial charge in [-0.05, 0) is 6.42 Å². The van der Waals surface area contributed by atoms with E-state index in [9.17, 15) is 9.26 Å². The number of carbonyl (C=O) groups excluding carboxylic acids is 1. The second kappa shape index (κ2) is 4.84. The van der Waals surface area contributed by atoms with Crippen molar-refractivity contribution in [3.05, 3.63) is 0 Å². The van der Waals surface area contributed by atoms with E-state index in [4.69, 9.17) is 0 Å². The van der Waals surface area contributed by atoms with Gasteiger partial charge in [-0.2, -0.15) is 0 Å². The van der Waals surface area contributed by atoms with Crippen LogP contribution in [0.4, 0.5) is 0 Å². The van der Waals surface area contributed by atoms with Crippen LogP contribution >= 0.6 is 0 Å². The van der Waals surface area contributed by atoms with Gasteiger partial charge in [0.2, 0.25) is 0 Å². The molecule has 0 aromatic heterocycles. The molecule has 0 aliphatic carbocycles. The zero-order valence-electron chi connectivity index (χ0n) is 5.02. The number of rotatable bonds is 4. The first-order valence-corrected chi connectivity index (χ1v) is 3.84. The maximum Gasteiger partial charge on any atom is 0.335 e. The van der Waals surface area contributed by atoms with Crippen LogP contribution in [0, 0.1) is 0 Å². The Labute approximate surface area is 51.2 Å². The van der Waals surface area contributed by atoms with Gasteiger partial charge in [0.05, 0.1) is 0 Å². The van der Waals surface area contributed by atoms with Crippen LogP contribution in [0.5, 0.6) is 0 Å². The third kappa shape index (κ3) is 3.86. The Morgan fingerprint density at radius 1 is 1.62 bits per heavy atom. The summed E-state index contributed by atoms with van der Waals surface area (Å²) in [5.41, 5.74) is 0. The Morgan fingerprint density at radius 3 is 2.62 bits per heavy atom. The molecule has 0 aromatic rings. The first-order valence-electron chi connectivity index (χ1n) is 2.79. The van der Waals surface area contributed by atoms with Gasteiger partial charge in [0, 0.05) is 6.42 Å². The molecule has 0 aliphatic heterocycles. The van der Waals surface area contributed by atoms with Crippen molar-refractivity contribution < 1.29 is 9.26 Å². The molecule has 0 unspecified atom stereocenters. The van der Waals surface area contributed by atoms with E-state index in [1.165, 1.54) is 0 Å².